The molecule has 1 N–H and O–H groups in total. The molecule has 0 unspecified atom stereocenters. The average Bonchev–Trinajstić information content (AvgIpc) is 2.65. The number of nitrogens with one attached hydrogen (secondary N) is 1. The number of hydrogen-bond donors (Lipinski definition) is 1. The maximum atomic E-state index is 11.8. The Labute approximate surface area is 108 Å². The van der Waals surface area contributed by atoms with Gasteiger partial charge in [0.05, 0.1) is 0 Å². The van der Waals surface area contributed by atoms with E-state index in [-0.39, 0.29) is 5.91 Å². The van der Waals surface area contributed by atoms with E-state index in [1.165, 1.54) is 6.33 Å². The van der Waals surface area contributed by atoms with Gasteiger partial charge in [0, 0.05) is 37.5 Å². The summed E-state index contributed by atoms with van der Waals surface area (Å²) in [7, 11) is 0. The van der Waals surface area contributed by atoms with Crippen LogP contribution in [-0.4, -0.2) is 39.9 Å². The standard InChI is InChI=1S/C13H20N4O/c1-11(18)17(9-12-7-15-10-16-8-12)13-3-2-5-14-6-4-13/h7-8,10,13-14H,2-6,9H2,1H3/t13-/m0/s1. The second kappa shape index (κ2) is 6.44. The van der Waals surface area contributed by atoms with Gasteiger partial charge < -0.3 is 10.2 Å². The van der Waals surface area contributed by atoms with E-state index < -0.39 is 0 Å². The molecule has 0 saturated carbocycles. The van der Waals surface area contributed by atoms with Gasteiger partial charge in [0.1, 0.15) is 6.33 Å². The fraction of sp³-hybridized carbons (Fsp3) is 0.615. The quantitative estimate of drug-likeness (QED) is 0.866. The van der Waals surface area contributed by atoms with Crippen LogP contribution in [0.5, 0.6) is 0 Å². The highest BCUT2D eigenvalue weighted by Gasteiger charge is 2.22. The maximum Gasteiger partial charge on any atom is 0.219 e. The molecule has 1 saturated heterocycles. The summed E-state index contributed by atoms with van der Waals surface area (Å²) < 4.78 is 0. The number of rotatable bonds is 3. The largest absolute Gasteiger partial charge is 0.335 e. The first-order valence-electron chi connectivity index (χ1n) is 6.49. The Kier molecular flexibility index (Phi) is 4.64. The van der Waals surface area contributed by atoms with E-state index in [0.717, 1.165) is 37.9 Å². The third kappa shape index (κ3) is 3.50. The molecule has 98 valence electrons. The highest BCUT2D eigenvalue weighted by atomic mass is 16.2. The summed E-state index contributed by atoms with van der Waals surface area (Å²) in [5.41, 5.74) is 0.991. The van der Waals surface area contributed by atoms with E-state index in [9.17, 15) is 4.79 Å². The third-order valence-corrected chi connectivity index (χ3v) is 3.36. The van der Waals surface area contributed by atoms with Crippen LogP contribution in [0.3, 0.4) is 0 Å². The molecule has 0 aromatic carbocycles. The molecule has 1 aliphatic heterocycles. The van der Waals surface area contributed by atoms with Gasteiger partial charge in [0.25, 0.3) is 0 Å². The summed E-state index contributed by atoms with van der Waals surface area (Å²) in [6.45, 7) is 4.29. The Hall–Kier alpha value is -1.49. The van der Waals surface area contributed by atoms with Crippen molar-refractivity contribution in [3.8, 4) is 0 Å². The molecule has 0 spiro atoms. The fourth-order valence-corrected chi connectivity index (χ4v) is 2.42. The minimum absolute atomic E-state index is 0.130. The van der Waals surface area contributed by atoms with Gasteiger partial charge >= 0.3 is 0 Å². The van der Waals surface area contributed by atoms with Crippen LogP contribution in [0.1, 0.15) is 31.7 Å². The summed E-state index contributed by atoms with van der Waals surface area (Å²) in [6, 6.07) is 0.331. The van der Waals surface area contributed by atoms with E-state index in [0.29, 0.717) is 12.6 Å². The van der Waals surface area contributed by atoms with Gasteiger partial charge in [-0.3, -0.25) is 4.79 Å². The Morgan fingerprint density at radius 3 is 2.89 bits per heavy atom. The van der Waals surface area contributed by atoms with Crippen molar-refractivity contribution >= 4 is 5.91 Å². The monoisotopic (exact) mass is 248 g/mol. The van der Waals surface area contributed by atoms with Crippen molar-refractivity contribution in [2.45, 2.75) is 38.8 Å². The Bertz CT molecular complexity index is 374. The van der Waals surface area contributed by atoms with Crippen molar-refractivity contribution in [1.29, 1.82) is 0 Å². The lowest BCUT2D eigenvalue weighted by Gasteiger charge is -2.30. The van der Waals surface area contributed by atoms with Crippen molar-refractivity contribution in [2.75, 3.05) is 13.1 Å². The summed E-state index contributed by atoms with van der Waals surface area (Å²) in [4.78, 5) is 21.8. The molecule has 1 atom stereocenters. The predicted molar refractivity (Wildman–Crippen MR) is 68.8 cm³/mol. The van der Waals surface area contributed by atoms with E-state index in [4.69, 9.17) is 0 Å². The molecular weight excluding hydrogens is 228 g/mol. The zero-order valence-electron chi connectivity index (χ0n) is 10.8. The Morgan fingerprint density at radius 2 is 2.17 bits per heavy atom. The normalized spacial score (nSPS) is 20.2. The first kappa shape index (κ1) is 13.0. The van der Waals surface area contributed by atoms with Crippen LogP contribution in [0.4, 0.5) is 0 Å². The zero-order valence-corrected chi connectivity index (χ0v) is 10.8. The molecule has 1 fully saturated rings. The van der Waals surface area contributed by atoms with Crippen LogP contribution < -0.4 is 5.32 Å². The highest BCUT2D eigenvalue weighted by Crippen LogP contribution is 2.16. The van der Waals surface area contributed by atoms with Crippen LogP contribution in [0.2, 0.25) is 0 Å². The molecule has 2 heterocycles. The van der Waals surface area contributed by atoms with Gasteiger partial charge in [-0.15, -0.1) is 0 Å². The summed E-state index contributed by atoms with van der Waals surface area (Å²) in [5.74, 6) is 0.130. The fourth-order valence-electron chi connectivity index (χ4n) is 2.42. The van der Waals surface area contributed by atoms with Crippen molar-refractivity contribution in [3.63, 3.8) is 0 Å². The molecule has 2 rings (SSSR count). The molecule has 1 amide bonds. The van der Waals surface area contributed by atoms with Gasteiger partial charge in [0.15, 0.2) is 0 Å². The number of carbonyl (C=O) groups excluding carboxylic acids is 1. The molecule has 0 radical (unpaired) electrons. The predicted octanol–water partition coefficient (Wildman–Crippen LogP) is 0.967. The van der Waals surface area contributed by atoms with Crippen LogP contribution in [0, 0.1) is 0 Å². The average molecular weight is 248 g/mol. The van der Waals surface area contributed by atoms with E-state index in [1.54, 1.807) is 19.3 Å². The van der Waals surface area contributed by atoms with Gasteiger partial charge in [-0.2, -0.15) is 0 Å². The summed E-state index contributed by atoms with van der Waals surface area (Å²) in [5, 5.41) is 3.37. The molecule has 5 nitrogen and oxygen atoms in total. The van der Waals surface area contributed by atoms with Gasteiger partial charge in [-0.1, -0.05) is 0 Å². The molecule has 0 bridgehead atoms. The smallest absolute Gasteiger partial charge is 0.219 e. The first-order chi connectivity index (χ1) is 8.77. The second-order valence-electron chi connectivity index (χ2n) is 4.73. The van der Waals surface area contributed by atoms with Crippen molar-refractivity contribution < 1.29 is 4.79 Å². The second-order valence-corrected chi connectivity index (χ2v) is 4.73. The van der Waals surface area contributed by atoms with Crippen molar-refractivity contribution in [2.24, 2.45) is 0 Å². The molecule has 0 aliphatic carbocycles. The molecule has 1 aliphatic rings. The molecule has 1 aromatic heterocycles. The lowest BCUT2D eigenvalue weighted by molar-refractivity contribution is -0.132. The highest BCUT2D eigenvalue weighted by molar-refractivity contribution is 5.73. The number of nitrogens with zero attached hydrogens (tertiary/aromatic N) is 3. The molecular formula is C13H20N4O. The van der Waals surface area contributed by atoms with Gasteiger partial charge in [-0.25, -0.2) is 9.97 Å². The lowest BCUT2D eigenvalue weighted by Crippen LogP contribution is -2.39. The molecule has 5 heteroatoms. The van der Waals surface area contributed by atoms with E-state index in [1.807, 2.05) is 4.90 Å². The minimum Gasteiger partial charge on any atom is -0.335 e. The van der Waals surface area contributed by atoms with E-state index >= 15 is 0 Å². The van der Waals surface area contributed by atoms with Crippen LogP contribution in [-0.2, 0) is 11.3 Å². The van der Waals surface area contributed by atoms with Crippen molar-refractivity contribution in [1.82, 2.24) is 20.2 Å². The van der Waals surface area contributed by atoms with Gasteiger partial charge in [0.2, 0.25) is 5.91 Å². The topological polar surface area (TPSA) is 58.1 Å². The third-order valence-electron chi connectivity index (χ3n) is 3.36. The molecule has 1 aromatic rings. The van der Waals surface area contributed by atoms with Crippen LogP contribution >= 0.6 is 0 Å². The minimum atomic E-state index is 0.130. The number of aromatic nitrogens is 2. The summed E-state index contributed by atoms with van der Waals surface area (Å²) in [6.07, 6.45) is 8.28. The van der Waals surface area contributed by atoms with Crippen molar-refractivity contribution in [3.05, 3.63) is 24.3 Å². The van der Waals surface area contributed by atoms with E-state index in [2.05, 4.69) is 15.3 Å². The Morgan fingerprint density at radius 1 is 1.39 bits per heavy atom. The van der Waals surface area contributed by atoms with Crippen LogP contribution in [0.25, 0.3) is 0 Å². The first-order valence-corrected chi connectivity index (χ1v) is 6.49. The van der Waals surface area contributed by atoms with Gasteiger partial charge in [-0.05, 0) is 32.4 Å². The summed E-state index contributed by atoms with van der Waals surface area (Å²) >= 11 is 0. The SMILES string of the molecule is CC(=O)N(Cc1cncnc1)[C@H]1CCCNCC1. The number of carbonyl (C=O) groups is 1. The van der Waals surface area contributed by atoms with Crippen LogP contribution in [0.15, 0.2) is 18.7 Å². The number of amides is 1. The lowest BCUT2D eigenvalue weighted by atomic mass is 10.1. The number of hydrogen-bond acceptors (Lipinski definition) is 4. The molecule has 18 heavy (non-hydrogen) atoms. The maximum absolute atomic E-state index is 11.8. The Balaban J connectivity index is 2.05. The zero-order chi connectivity index (χ0) is 12.8.